The lowest BCUT2D eigenvalue weighted by atomic mass is 10.7. The highest BCUT2D eigenvalue weighted by Crippen LogP contribution is 2.26. The molecule has 0 aromatic rings. The van der Waals surface area contributed by atoms with Crippen molar-refractivity contribution in [3.63, 3.8) is 0 Å². The van der Waals surface area contributed by atoms with E-state index in [4.69, 9.17) is 69.6 Å². The van der Waals surface area contributed by atoms with Gasteiger partial charge < -0.3 is 0 Å². The van der Waals surface area contributed by atoms with Gasteiger partial charge in [0.2, 0.25) is 0 Å². The van der Waals surface area contributed by atoms with Crippen LogP contribution in [0.4, 0.5) is 0 Å². The summed E-state index contributed by atoms with van der Waals surface area (Å²) in [5.74, 6) is 0.947. The maximum atomic E-state index is 5.65. The average Bonchev–Trinajstić information content (AvgIpc) is 2.03. The van der Waals surface area contributed by atoms with Gasteiger partial charge >= 0.3 is 0 Å². The molecule has 7 heteroatoms. The molecule has 0 radical (unpaired) electrons. The molecular weight excluding hydrogens is 317 g/mol. The molecule has 0 spiro atoms. The number of hydrogen-bond donors (Lipinski definition) is 0. The minimum Gasteiger partial charge on any atom is -0.150 e. The van der Waals surface area contributed by atoms with Crippen molar-refractivity contribution in [2.45, 2.75) is 0 Å². The zero-order valence-electron chi connectivity index (χ0n) is 6.09. The van der Waals surface area contributed by atoms with Gasteiger partial charge in [-0.25, -0.2) is 0 Å². The minimum atomic E-state index is 0.0613. The smallest absolute Gasteiger partial charge is 0.122 e. The van der Waals surface area contributed by atoms with Crippen molar-refractivity contribution < 1.29 is 0 Å². The van der Waals surface area contributed by atoms with Crippen LogP contribution in [0.1, 0.15) is 0 Å². The molecule has 0 aromatic heterocycles. The van der Waals surface area contributed by atoms with Crippen molar-refractivity contribution in [2.75, 3.05) is 11.5 Å². The molecule has 0 aromatic carbocycles. The minimum absolute atomic E-state index is 0.0613. The van der Waals surface area contributed by atoms with Crippen LogP contribution in [-0.4, -0.2) is 11.5 Å². The fraction of sp³-hybridized carbons (Fsp3) is 0.333. The third-order valence-corrected chi connectivity index (χ3v) is 4.11. The van der Waals surface area contributed by atoms with E-state index in [1.807, 2.05) is 0 Å². The Morgan fingerprint density at radius 1 is 0.692 bits per heavy atom. The molecule has 13 heavy (non-hydrogen) atoms. The molecule has 0 fully saturated rings. The first-order valence-electron chi connectivity index (χ1n) is 2.92. The zero-order valence-corrected chi connectivity index (χ0v) is 11.4. The Kier molecular flexibility index (Phi) is 8.75. The van der Waals surface area contributed by atoms with Crippen LogP contribution in [-0.2, 0) is 0 Å². The van der Waals surface area contributed by atoms with Gasteiger partial charge in [-0.15, -0.1) is 0 Å². The molecule has 0 bridgehead atoms. The van der Waals surface area contributed by atoms with Crippen molar-refractivity contribution in [3.05, 3.63) is 19.0 Å². The maximum Gasteiger partial charge on any atom is 0.122 e. The molecule has 0 aliphatic heterocycles. The first kappa shape index (κ1) is 14.6. The van der Waals surface area contributed by atoms with Gasteiger partial charge in [0, 0.05) is 11.5 Å². The van der Waals surface area contributed by atoms with Crippen molar-refractivity contribution in [1.82, 2.24) is 0 Å². The lowest BCUT2D eigenvalue weighted by molar-refractivity contribution is 1.64. The average molecular weight is 321 g/mol. The van der Waals surface area contributed by atoms with E-state index in [1.54, 1.807) is 0 Å². The second-order valence-corrected chi connectivity index (χ2v) is 5.62. The highest BCUT2D eigenvalue weighted by atomic mass is 35.5. The van der Waals surface area contributed by atoms with Crippen molar-refractivity contribution in [1.29, 1.82) is 0 Å². The van der Waals surface area contributed by atoms with Gasteiger partial charge in [0.15, 0.2) is 0 Å². The zero-order chi connectivity index (χ0) is 10.4. The molecule has 0 nitrogen and oxygen atoms in total. The van der Waals surface area contributed by atoms with Crippen LogP contribution in [0.3, 0.4) is 0 Å². The lowest BCUT2D eigenvalue weighted by Gasteiger charge is -1.99. The van der Waals surface area contributed by atoms with Crippen molar-refractivity contribution in [2.24, 2.45) is 0 Å². The molecule has 76 valence electrons. The van der Waals surface area contributed by atoms with Gasteiger partial charge in [0.25, 0.3) is 0 Å². The number of rotatable bonds is 4. The molecule has 0 N–H and O–H groups in total. The second-order valence-electron chi connectivity index (χ2n) is 1.82. The summed E-state index contributed by atoms with van der Waals surface area (Å²) in [6, 6.07) is 0. The predicted octanol–water partition coefficient (Wildman–Crippen LogP) is 5.49. The van der Waals surface area contributed by atoms with E-state index in [0.717, 1.165) is 0 Å². The molecular formula is C6H4Cl6S. The maximum absolute atomic E-state index is 5.65. The molecule has 0 atom stereocenters. The largest absolute Gasteiger partial charge is 0.150 e. The Hall–Kier alpha value is 1.57. The van der Waals surface area contributed by atoms with Gasteiger partial charge in [0.1, 0.15) is 8.98 Å². The van der Waals surface area contributed by atoms with E-state index in [-0.39, 0.29) is 8.98 Å². The van der Waals surface area contributed by atoms with Crippen molar-refractivity contribution in [3.8, 4) is 0 Å². The summed E-state index contributed by atoms with van der Waals surface area (Å²) >= 11 is 34.3. The molecule has 0 unspecified atom stereocenters. The molecule has 0 saturated heterocycles. The first-order chi connectivity index (χ1) is 5.95. The van der Waals surface area contributed by atoms with E-state index in [1.165, 1.54) is 11.8 Å². The highest BCUT2D eigenvalue weighted by Gasteiger charge is 2.02. The van der Waals surface area contributed by atoms with Gasteiger partial charge in [0.05, 0.1) is 10.1 Å². The van der Waals surface area contributed by atoms with E-state index < -0.39 is 0 Å². The second kappa shape index (κ2) is 7.81. The van der Waals surface area contributed by atoms with Crippen LogP contribution < -0.4 is 0 Å². The number of halogens is 6. The number of hydrogen-bond acceptors (Lipinski definition) is 1. The summed E-state index contributed by atoms with van der Waals surface area (Å²) < 4.78 is 0.123. The van der Waals surface area contributed by atoms with E-state index >= 15 is 0 Å². The monoisotopic (exact) mass is 318 g/mol. The summed E-state index contributed by atoms with van der Waals surface area (Å²) in [6.07, 6.45) is 0. The van der Waals surface area contributed by atoms with Gasteiger partial charge in [-0.2, -0.15) is 11.8 Å². The Labute approximate surface area is 111 Å². The SMILES string of the molecule is ClC(Cl)=C(Cl)CSCC(Cl)=C(Cl)Cl. The third-order valence-electron chi connectivity index (χ3n) is 0.868. The lowest BCUT2D eigenvalue weighted by Crippen LogP contribution is -1.84. The fourth-order valence-corrected chi connectivity index (χ4v) is 2.14. The quantitative estimate of drug-likeness (QED) is 0.660. The molecule has 0 rings (SSSR count). The Morgan fingerprint density at radius 3 is 1.23 bits per heavy atom. The van der Waals surface area contributed by atoms with Gasteiger partial charge in [-0.05, 0) is 0 Å². The third kappa shape index (κ3) is 7.49. The summed E-state index contributed by atoms with van der Waals surface area (Å²) in [7, 11) is 0. The molecule has 0 aliphatic carbocycles. The summed E-state index contributed by atoms with van der Waals surface area (Å²) in [5.41, 5.74) is 0. The van der Waals surface area contributed by atoms with E-state index in [2.05, 4.69) is 0 Å². The van der Waals surface area contributed by atoms with E-state index in [0.29, 0.717) is 21.6 Å². The van der Waals surface area contributed by atoms with Crippen LogP contribution >= 0.6 is 81.4 Å². The molecule has 0 heterocycles. The Morgan fingerprint density at radius 2 is 1.00 bits per heavy atom. The number of thioether (sulfide) groups is 1. The standard InChI is InChI=1S/C6H4Cl6S/c7-3(5(9)10)1-13-2-4(8)6(11)12/h1-2H2. The van der Waals surface area contributed by atoms with E-state index in [9.17, 15) is 0 Å². The van der Waals surface area contributed by atoms with Crippen LogP contribution in [0.5, 0.6) is 0 Å². The van der Waals surface area contributed by atoms with Gasteiger partial charge in [-0.1, -0.05) is 69.6 Å². The van der Waals surface area contributed by atoms with Crippen LogP contribution in [0.2, 0.25) is 0 Å². The predicted molar refractivity (Wildman–Crippen MR) is 66.5 cm³/mol. The molecule has 0 aliphatic rings. The Balaban J connectivity index is 3.83. The fourth-order valence-electron chi connectivity index (χ4n) is 0.339. The van der Waals surface area contributed by atoms with Gasteiger partial charge in [-0.3, -0.25) is 0 Å². The van der Waals surface area contributed by atoms with Crippen molar-refractivity contribution >= 4 is 81.4 Å². The summed E-state index contributed by atoms with van der Waals surface area (Å²) in [4.78, 5) is 0. The highest BCUT2D eigenvalue weighted by molar-refractivity contribution is 7.99. The van der Waals surface area contributed by atoms with Crippen LogP contribution in [0, 0.1) is 0 Å². The first-order valence-corrected chi connectivity index (χ1v) is 6.34. The summed E-state index contributed by atoms with van der Waals surface area (Å²) in [5, 5.41) is 0.756. The summed E-state index contributed by atoms with van der Waals surface area (Å²) in [6.45, 7) is 0. The molecule has 0 saturated carbocycles. The topological polar surface area (TPSA) is 0 Å². The normalized spacial score (nSPS) is 9.69. The molecule has 0 amide bonds. The van der Waals surface area contributed by atoms with Crippen LogP contribution in [0.15, 0.2) is 19.0 Å². The van der Waals surface area contributed by atoms with Crippen LogP contribution in [0.25, 0.3) is 0 Å². The Bertz CT molecular complexity index is 201.